The second-order valence-corrected chi connectivity index (χ2v) is 5.47. The van der Waals surface area contributed by atoms with Gasteiger partial charge in [-0.2, -0.15) is 0 Å². The van der Waals surface area contributed by atoms with Crippen molar-refractivity contribution < 1.29 is 19.1 Å². The number of hydrogen-bond donors (Lipinski definition) is 1. The molecule has 1 aromatic rings. The van der Waals surface area contributed by atoms with Crippen LogP contribution in [-0.2, 0) is 9.59 Å². The summed E-state index contributed by atoms with van der Waals surface area (Å²) in [5.41, 5.74) is 6.12. The third kappa shape index (κ3) is 4.25. The van der Waals surface area contributed by atoms with Crippen LogP contribution in [0.2, 0.25) is 0 Å². The first-order chi connectivity index (χ1) is 11.0. The van der Waals surface area contributed by atoms with Crippen molar-refractivity contribution in [3.63, 3.8) is 0 Å². The van der Waals surface area contributed by atoms with E-state index < -0.39 is 0 Å². The molecule has 1 unspecified atom stereocenters. The van der Waals surface area contributed by atoms with E-state index in [2.05, 4.69) is 0 Å². The molecule has 0 spiro atoms. The van der Waals surface area contributed by atoms with Crippen LogP contribution in [0.1, 0.15) is 18.4 Å². The highest BCUT2D eigenvalue weighted by Gasteiger charge is 2.25. The lowest BCUT2D eigenvalue weighted by Crippen LogP contribution is -2.43. The zero-order valence-corrected chi connectivity index (χ0v) is 13.5. The number of ether oxygens (including phenoxy) is 2. The summed E-state index contributed by atoms with van der Waals surface area (Å²) in [5.74, 6) is 0.585. The van der Waals surface area contributed by atoms with Gasteiger partial charge in [0, 0.05) is 30.8 Å². The average molecular weight is 318 g/mol. The summed E-state index contributed by atoms with van der Waals surface area (Å²) < 4.78 is 10.4. The van der Waals surface area contributed by atoms with Gasteiger partial charge in [-0.15, -0.1) is 0 Å². The van der Waals surface area contributed by atoms with Crippen LogP contribution in [0.3, 0.4) is 0 Å². The molecule has 1 heterocycles. The lowest BCUT2D eigenvalue weighted by atomic mass is 9.97. The fourth-order valence-corrected chi connectivity index (χ4v) is 2.63. The van der Waals surface area contributed by atoms with E-state index in [1.54, 1.807) is 37.3 Å². The largest absolute Gasteiger partial charge is 0.497 e. The highest BCUT2D eigenvalue weighted by molar-refractivity contribution is 5.92. The second-order valence-electron chi connectivity index (χ2n) is 5.47. The van der Waals surface area contributed by atoms with Gasteiger partial charge in [0.05, 0.1) is 20.1 Å². The van der Waals surface area contributed by atoms with Gasteiger partial charge in [0.15, 0.2) is 0 Å². The van der Waals surface area contributed by atoms with Crippen molar-refractivity contribution in [1.29, 1.82) is 0 Å². The van der Waals surface area contributed by atoms with Gasteiger partial charge in [-0.3, -0.25) is 9.59 Å². The predicted octanol–water partition coefficient (Wildman–Crippen LogP) is 1.44. The zero-order chi connectivity index (χ0) is 16.8. The minimum absolute atomic E-state index is 0.131. The number of nitrogens with zero attached hydrogens (tertiary/aromatic N) is 1. The van der Waals surface area contributed by atoms with E-state index in [1.807, 2.05) is 6.07 Å². The maximum Gasteiger partial charge on any atom is 0.246 e. The Kier molecular flexibility index (Phi) is 5.62. The first-order valence-corrected chi connectivity index (χ1v) is 7.53. The first-order valence-electron chi connectivity index (χ1n) is 7.53. The van der Waals surface area contributed by atoms with E-state index in [0.717, 1.165) is 18.4 Å². The molecule has 0 radical (unpaired) electrons. The Balaban J connectivity index is 2.07. The van der Waals surface area contributed by atoms with E-state index in [1.165, 1.54) is 6.08 Å². The highest BCUT2D eigenvalue weighted by atomic mass is 16.5. The third-order valence-electron chi connectivity index (χ3n) is 3.98. The number of methoxy groups -OCH3 is 2. The summed E-state index contributed by atoms with van der Waals surface area (Å²) in [6, 6.07) is 5.38. The smallest absolute Gasteiger partial charge is 0.246 e. The fraction of sp³-hybridized carbons (Fsp3) is 0.412. The Morgan fingerprint density at radius 3 is 2.74 bits per heavy atom. The van der Waals surface area contributed by atoms with Crippen LogP contribution in [0.15, 0.2) is 24.3 Å². The van der Waals surface area contributed by atoms with E-state index >= 15 is 0 Å². The topological polar surface area (TPSA) is 81.9 Å². The predicted molar refractivity (Wildman–Crippen MR) is 87.1 cm³/mol. The molecular weight excluding hydrogens is 296 g/mol. The van der Waals surface area contributed by atoms with E-state index in [0.29, 0.717) is 24.6 Å². The van der Waals surface area contributed by atoms with Crippen LogP contribution in [0.4, 0.5) is 0 Å². The van der Waals surface area contributed by atoms with Crippen LogP contribution in [-0.4, -0.2) is 44.0 Å². The minimum Gasteiger partial charge on any atom is -0.497 e. The number of hydrogen-bond acceptors (Lipinski definition) is 4. The molecule has 1 aromatic carbocycles. The molecule has 124 valence electrons. The number of nitrogens with two attached hydrogens (primary N) is 1. The Morgan fingerprint density at radius 2 is 2.09 bits per heavy atom. The molecule has 2 rings (SSSR count). The Bertz CT molecular complexity index is 613. The summed E-state index contributed by atoms with van der Waals surface area (Å²) in [6.45, 7) is 1.03. The van der Waals surface area contributed by atoms with E-state index in [-0.39, 0.29) is 17.7 Å². The summed E-state index contributed by atoms with van der Waals surface area (Å²) in [7, 11) is 3.15. The standard InChI is InChI=1S/C17H22N2O4/c1-22-14-7-5-12(15(10-14)23-2)6-8-16(20)19-9-3-4-13(11-19)17(18)21/h5-8,10,13H,3-4,9,11H2,1-2H3,(H2,18,21). The highest BCUT2D eigenvalue weighted by Crippen LogP contribution is 2.25. The molecule has 2 amide bonds. The molecule has 1 fully saturated rings. The van der Waals surface area contributed by atoms with Crippen molar-refractivity contribution in [3.05, 3.63) is 29.8 Å². The van der Waals surface area contributed by atoms with Crippen molar-refractivity contribution in [2.24, 2.45) is 11.7 Å². The van der Waals surface area contributed by atoms with Crippen molar-refractivity contribution >= 4 is 17.9 Å². The van der Waals surface area contributed by atoms with Gasteiger partial charge >= 0.3 is 0 Å². The summed E-state index contributed by atoms with van der Waals surface area (Å²) in [6.07, 6.45) is 4.73. The molecule has 6 nitrogen and oxygen atoms in total. The Morgan fingerprint density at radius 1 is 1.30 bits per heavy atom. The summed E-state index contributed by atoms with van der Waals surface area (Å²) in [5, 5.41) is 0. The van der Waals surface area contributed by atoms with E-state index in [4.69, 9.17) is 15.2 Å². The van der Waals surface area contributed by atoms with Gasteiger partial charge in [-0.1, -0.05) is 0 Å². The average Bonchev–Trinajstić information content (AvgIpc) is 2.59. The molecule has 0 saturated carbocycles. The quantitative estimate of drug-likeness (QED) is 0.833. The van der Waals surface area contributed by atoms with Gasteiger partial charge in [-0.05, 0) is 31.1 Å². The van der Waals surface area contributed by atoms with Gasteiger partial charge in [-0.25, -0.2) is 0 Å². The number of likely N-dealkylation sites (tertiary alicyclic amines) is 1. The lowest BCUT2D eigenvalue weighted by Gasteiger charge is -2.30. The van der Waals surface area contributed by atoms with Crippen LogP contribution < -0.4 is 15.2 Å². The molecule has 1 atom stereocenters. The fourth-order valence-electron chi connectivity index (χ4n) is 2.63. The molecule has 1 saturated heterocycles. The summed E-state index contributed by atoms with van der Waals surface area (Å²) >= 11 is 0. The normalized spacial score (nSPS) is 18.0. The number of rotatable bonds is 5. The number of carbonyl (C=O) groups excluding carboxylic acids is 2. The van der Waals surface area contributed by atoms with Gasteiger partial charge in [0.2, 0.25) is 11.8 Å². The number of carbonyl (C=O) groups is 2. The molecule has 1 aliphatic heterocycles. The lowest BCUT2D eigenvalue weighted by molar-refractivity contribution is -0.130. The number of benzene rings is 1. The Hall–Kier alpha value is -2.50. The molecule has 0 aliphatic carbocycles. The number of primary amides is 1. The van der Waals surface area contributed by atoms with Gasteiger partial charge < -0.3 is 20.1 Å². The Labute approximate surface area is 135 Å². The molecule has 2 N–H and O–H groups in total. The third-order valence-corrected chi connectivity index (χ3v) is 3.98. The zero-order valence-electron chi connectivity index (χ0n) is 13.5. The summed E-state index contributed by atoms with van der Waals surface area (Å²) in [4.78, 5) is 25.2. The SMILES string of the molecule is COc1ccc(C=CC(=O)N2CCCC(C(N)=O)C2)c(OC)c1. The van der Waals surface area contributed by atoms with Crippen LogP contribution >= 0.6 is 0 Å². The molecule has 6 heteroatoms. The van der Waals surface area contributed by atoms with Crippen molar-refractivity contribution in [1.82, 2.24) is 4.90 Å². The van der Waals surface area contributed by atoms with Gasteiger partial charge in [0.1, 0.15) is 11.5 Å². The van der Waals surface area contributed by atoms with Crippen LogP contribution in [0.5, 0.6) is 11.5 Å². The molecular formula is C17H22N2O4. The van der Waals surface area contributed by atoms with Crippen molar-refractivity contribution in [2.75, 3.05) is 27.3 Å². The van der Waals surface area contributed by atoms with Crippen LogP contribution in [0.25, 0.3) is 6.08 Å². The molecule has 0 aromatic heterocycles. The minimum atomic E-state index is -0.344. The van der Waals surface area contributed by atoms with Crippen molar-refractivity contribution in [2.45, 2.75) is 12.8 Å². The molecule has 23 heavy (non-hydrogen) atoms. The molecule has 1 aliphatic rings. The monoisotopic (exact) mass is 318 g/mol. The van der Waals surface area contributed by atoms with E-state index in [9.17, 15) is 9.59 Å². The maximum atomic E-state index is 12.3. The van der Waals surface area contributed by atoms with Gasteiger partial charge in [0.25, 0.3) is 0 Å². The van der Waals surface area contributed by atoms with Crippen LogP contribution in [0, 0.1) is 5.92 Å². The second kappa shape index (κ2) is 7.67. The maximum absolute atomic E-state index is 12.3. The number of amides is 2. The van der Waals surface area contributed by atoms with Crippen molar-refractivity contribution in [3.8, 4) is 11.5 Å². The molecule has 0 bridgehead atoms. The first kappa shape index (κ1) is 16.9. The number of piperidine rings is 1.